The van der Waals surface area contributed by atoms with Crippen molar-refractivity contribution in [3.63, 3.8) is 0 Å². The van der Waals surface area contributed by atoms with Crippen LogP contribution in [0.4, 0.5) is 0 Å². The van der Waals surface area contributed by atoms with Gasteiger partial charge in [0.1, 0.15) is 12.4 Å². The van der Waals surface area contributed by atoms with Crippen LogP contribution in [0.5, 0.6) is 5.75 Å². The first kappa shape index (κ1) is 13.6. The fraction of sp³-hybridized carbons (Fsp3) is 0.133. The summed E-state index contributed by atoms with van der Waals surface area (Å²) < 4.78 is 6.24. The van der Waals surface area contributed by atoms with Crippen LogP contribution in [0.2, 0.25) is 0 Å². The maximum atomic E-state index is 11.0. The number of halogens is 1. The number of rotatable bonds is 4. The summed E-state index contributed by atoms with van der Waals surface area (Å²) >= 11 is 3.25. The van der Waals surface area contributed by atoms with E-state index in [2.05, 4.69) is 15.9 Å². The Morgan fingerprint density at radius 1 is 1.26 bits per heavy atom. The van der Waals surface area contributed by atoms with Crippen molar-refractivity contribution >= 4 is 21.9 Å². The van der Waals surface area contributed by atoms with Gasteiger partial charge in [-0.1, -0.05) is 30.3 Å². The normalized spacial score (nSPS) is 10.2. The maximum Gasteiger partial charge on any atom is 0.336 e. The first-order chi connectivity index (χ1) is 9.08. The molecule has 2 aromatic carbocycles. The monoisotopic (exact) mass is 320 g/mol. The van der Waals surface area contributed by atoms with Crippen molar-refractivity contribution in [3.8, 4) is 5.75 Å². The average molecular weight is 321 g/mol. The number of hydrogen-bond donors (Lipinski definition) is 1. The van der Waals surface area contributed by atoms with E-state index in [4.69, 9.17) is 9.84 Å². The van der Waals surface area contributed by atoms with Gasteiger partial charge in [0.15, 0.2) is 0 Å². The van der Waals surface area contributed by atoms with E-state index in [-0.39, 0.29) is 5.56 Å². The second-order valence-corrected chi connectivity index (χ2v) is 5.03. The Morgan fingerprint density at radius 3 is 2.58 bits per heavy atom. The second-order valence-electron chi connectivity index (χ2n) is 4.18. The highest BCUT2D eigenvalue weighted by atomic mass is 79.9. The highest BCUT2D eigenvalue weighted by Crippen LogP contribution is 2.27. The summed E-state index contributed by atoms with van der Waals surface area (Å²) in [5.74, 6) is -0.273. The van der Waals surface area contributed by atoms with Gasteiger partial charge in [0.05, 0.1) is 5.56 Å². The smallest absolute Gasteiger partial charge is 0.336 e. The zero-order chi connectivity index (χ0) is 13.8. The number of hydrogen-bond acceptors (Lipinski definition) is 2. The fourth-order valence-corrected chi connectivity index (χ4v) is 2.21. The van der Waals surface area contributed by atoms with Crippen molar-refractivity contribution in [2.75, 3.05) is 0 Å². The van der Waals surface area contributed by atoms with Crippen LogP contribution >= 0.6 is 15.9 Å². The maximum absolute atomic E-state index is 11.0. The largest absolute Gasteiger partial charge is 0.489 e. The molecule has 2 aromatic rings. The average Bonchev–Trinajstić information content (AvgIpc) is 2.40. The molecule has 0 fully saturated rings. The molecule has 0 aliphatic rings. The molecular formula is C15H13BrO3. The molecule has 1 N–H and O–H groups in total. The molecule has 0 saturated heterocycles. The van der Waals surface area contributed by atoms with E-state index in [1.54, 1.807) is 12.1 Å². The number of carboxylic acid groups (broad SMARTS) is 1. The van der Waals surface area contributed by atoms with Crippen LogP contribution in [0.3, 0.4) is 0 Å². The topological polar surface area (TPSA) is 46.5 Å². The van der Waals surface area contributed by atoms with Crippen molar-refractivity contribution in [1.82, 2.24) is 0 Å². The molecule has 0 unspecified atom stereocenters. The molecule has 19 heavy (non-hydrogen) atoms. The van der Waals surface area contributed by atoms with E-state index in [1.165, 1.54) is 0 Å². The highest BCUT2D eigenvalue weighted by Gasteiger charge is 2.12. The summed E-state index contributed by atoms with van der Waals surface area (Å²) in [4.78, 5) is 11.0. The Hall–Kier alpha value is -1.81. The molecule has 0 heterocycles. The Labute approximate surface area is 120 Å². The molecule has 98 valence electrons. The van der Waals surface area contributed by atoms with Gasteiger partial charge in [0.2, 0.25) is 0 Å². The molecule has 0 aliphatic heterocycles. The third kappa shape index (κ3) is 3.35. The minimum Gasteiger partial charge on any atom is -0.489 e. The molecule has 2 rings (SSSR count). The molecule has 0 atom stereocenters. The van der Waals surface area contributed by atoms with Crippen LogP contribution in [0.1, 0.15) is 21.5 Å². The van der Waals surface area contributed by atoms with Gasteiger partial charge in [-0.15, -0.1) is 0 Å². The third-order valence-corrected chi connectivity index (χ3v) is 3.39. The van der Waals surface area contributed by atoms with E-state index in [1.807, 2.05) is 37.3 Å². The lowest BCUT2D eigenvalue weighted by Crippen LogP contribution is -2.01. The first-order valence-electron chi connectivity index (χ1n) is 5.78. The van der Waals surface area contributed by atoms with Crippen molar-refractivity contribution in [1.29, 1.82) is 0 Å². The summed E-state index contributed by atoms with van der Waals surface area (Å²) in [5, 5.41) is 9.02. The number of aryl methyl sites for hydroxylation is 1. The SMILES string of the molecule is Cc1cc(C(=O)O)c(Br)cc1OCc1ccccc1. The predicted molar refractivity (Wildman–Crippen MR) is 76.6 cm³/mol. The van der Waals surface area contributed by atoms with E-state index in [0.29, 0.717) is 16.8 Å². The van der Waals surface area contributed by atoms with Crippen LogP contribution in [0, 0.1) is 6.92 Å². The van der Waals surface area contributed by atoms with E-state index in [9.17, 15) is 4.79 Å². The van der Waals surface area contributed by atoms with Crippen molar-refractivity contribution in [2.24, 2.45) is 0 Å². The van der Waals surface area contributed by atoms with Gasteiger partial charge in [0, 0.05) is 4.47 Å². The fourth-order valence-electron chi connectivity index (χ4n) is 1.72. The summed E-state index contributed by atoms with van der Waals surface area (Å²) in [6.45, 7) is 2.29. The predicted octanol–water partition coefficient (Wildman–Crippen LogP) is 4.03. The van der Waals surface area contributed by atoms with Crippen molar-refractivity contribution in [3.05, 3.63) is 63.6 Å². The zero-order valence-corrected chi connectivity index (χ0v) is 12.0. The van der Waals surface area contributed by atoms with Crippen LogP contribution < -0.4 is 4.74 Å². The standard InChI is InChI=1S/C15H13BrO3/c1-10-7-12(15(17)18)13(16)8-14(10)19-9-11-5-3-2-4-6-11/h2-8H,9H2,1H3,(H,17,18). The third-order valence-electron chi connectivity index (χ3n) is 2.73. The molecule has 0 aliphatic carbocycles. The molecule has 0 amide bonds. The van der Waals surface area contributed by atoms with Crippen LogP contribution in [0.15, 0.2) is 46.9 Å². The lowest BCUT2D eigenvalue weighted by atomic mass is 10.1. The Balaban J connectivity index is 2.17. The quantitative estimate of drug-likeness (QED) is 0.924. The summed E-state index contributed by atoms with van der Waals surface area (Å²) in [7, 11) is 0. The number of carbonyl (C=O) groups is 1. The molecule has 0 saturated carbocycles. The molecule has 0 radical (unpaired) electrons. The van der Waals surface area contributed by atoms with Gasteiger partial charge in [-0.25, -0.2) is 4.79 Å². The van der Waals surface area contributed by atoms with Crippen molar-refractivity contribution in [2.45, 2.75) is 13.5 Å². The van der Waals surface area contributed by atoms with Crippen molar-refractivity contribution < 1.29 is 14.6 Å². The van der Waals surface area contributed by atoms with Crippen LogP contribution in [-0.2, 0) is 6.61 Å². The minimum atomic E-state index is -0.954. The molecule has 4 heteroatoms. The molecule has 0 aromatic heterocycles. The second kappa shape index (κ2) is 5.89. The molecular weight excluding hydrogens is 308 g/mol. The summed E-state index contributed by atoms with van der Waals surface area (Å²) in [5.41, 5.74) is 2.11. The van der Waals surface area contributed by atoms with Crippen LogP contribution in [-0.4, -0.2) is 11.1 Å². The van der Waals surface area contributed by atoms with Gasteiger partial charge >= 0.3 is 5.97 Å². The number of ether oxygens (including phenoxy) is 1. The lowest BCUT2D eigenvalue weighted by Gasteiger charge is -2.11. The number of carboxylic acids is 1. The molecule has 3 nitrogen and oxygen atoms in total. The summed E-state index contributed by atoms with van der Waals surface area (Å²) in [6.07, 6.45) is 0. The molecule has 0 bridgehead atoms. The zero-order valence-electron chi connectivity index (χ0n) is 10.4. The lowest BCUT2D eigenvalue weighted by molar-refractivity contribution is 0.0695. The summed E-state index contributed by atoms with van der Waals surface area (Å²) in [6, 6.07) is 13.1. The van der Waals surface area contributed by atoms with Gasteiger partial charge in [-0.2, -0.15) is 0 Å². The van der Waals surface area contributed by atoms with E-state index < -0.39 is 5.97 Å². The Kier molecular flexibility index (Phi) is 4.22. The Morgan fingerprint density at radius 2 is 1.95 bits per heavy atom. The van der Waals surface area contributed by atoms with Gasteiger partial charge in [-0.3, -0.25) is 0 Å². The molecule has 0 spiro atoms. The Bertz CT molecular complexity index is 594. The number of aromatic carboxylic acids is 1. The number of benzene rings is 2. The van der Waals surface area contributed by atoms with E-state index >= 15 is 0 Å². The first-order valence-corrected chi connectivity index (χ1v) is 6.57. The minimum absolute atomic E-state index is 0.240. The van der Waals surface area contributed by atoms with Gasteiger partial charge in [0.25, 0.3) is 0 Å². The van der Waals surface area contributed by atoms with Gasteiger partial charge in [-0.05, 0) is 46.1 Å². The highest BCUT2D eigenvalue weighted by molar-refractivity contribution is 9.10. The van der Waals surface area contributed by atoms with Crippen LogP contribution in [0.25, 0.3) is 0 Å². The van der Waals surface area contributed by atoms with E-state index in [0.717, 1.165) is 11.1 Å². The van der Waals surface area contributed by atoms with Gasteiger partial charge < -0.3 is 9.84 Å².